The van der Waals surface area contributed by atoms with Gasteiger partial charge in [-0.3, -0.25) is 0 Å². The minimum absolute atomic E-state index is 0.255. The van der Waals surface area contributed by atoms with Gasteiger partial charge < -0.3 is 5.32 Å². The van der Waals surface area contributed by atoms with Gasteiger partial charge in [-0.15, -0.1) is 0 Å². The average molecular weight is 481 g/mol. The van der Waals surface area contributed by atoms with Crippen LogP contribution < -0.4 is 5.32 Å². The first-order chi connectivity index (χ1) is 8.56. The topological polar surface area (TPSA) is 12.0 Å². The first-order valence-corrected chi connectivity index (χ1v) is 8.20. The Hall–Kier alpha value is -0.0700. The summed E-state index contributed by atoms with van der Waals surface area (Å²) < 4.78 is 3.43. The molecule has 0 bridgehead atoms. The van der Waals surface area contributed by atoms with Gasteiger partial charge in [0.05, 0.1) is 0 Å². The zero-order valence-electron chi connectivity index (χ0n) is 9.75. The molecule has 0 amide bonds. The van der Waals surface area contributed by atoms with E-state index in [9.17, 15) is 0 Å². The second kappa shape index (κ2) is 6.39. The Balaban J connectivity index is 2.19. The van der Waals surface area contributed by atoms with Crippen molar-refractivity contribution in [3.05, 3.63) is 60.5 Å². The molecule has 0 aliphatic carbocycles. The molecule has 18 heavy (non-hydrogen) atoms. The molecule has 0 fully saturated rings. The molecule has 0 saturated carbocycles. The van der Waals surface area contributed by atoms with Crippen LogP contribution in [0.1, 0.15) is 18.5 Å². The quantitative estimate of drug-likeness (QED) is 0.532. The fourth-order valence-corrected chi connectivity index (χ4v) is 3.69. The lowest BCUT2D eigenvalue weighted by Gasteiger charge is -2.17. The largest absolute Gasteiger partial charge is 0.378 e. The molecule has 1 nitrogen and oxygen atoms in total. The second-order valence-electron chi connectivity index (χ2n) is 4.04. The minimum Gasteiger partial charge on any atom is -0.378 e. The molecule has 0 aliphatic rings. The van der Waals surface area contributed by atoms with E-state index in [1.165, 1.54) is 9.13 Å². The first-order valence-electron chi connectivity index (χ1n) is 5.53. The summed E-state index contributed by atoms with van der Waals surface area (Å²) in [4.78, 5) is 0. The Bertz CT molecular complexity index is 557. The zero-order chi connectivity index (χ0) is 13.1. The SMILES string of the molecule is CC(Nc1cccc(I)c1)c1ccc(Br)cc1Br. The van der Waals surface area contributed by atoms with Crippen LogP contribution in [0.15, 0.2) is 51.4 Å². The molecular formula is C14H12Br2IN. The summed E-state index contributed by atoms with van der Waals surface area (Å²) in [6.07, 6.45) is 0. The third-order valence-electron chi connectivity index (χ3n) is 2.64. The molecule has 1 atom stereocenters. The van der Waals surface area contributed by atoms with Crippen molar-refractivity contribution in [2.24, 2.45) is 0 Å². The Morgan fingerprint density at radius 3 is 2.56 bits per heavy atom. The normalized spacial score (nSPS) is 12.2. The molecule has 1 N–H and O–H groups in total. The van der Waals surface area contributed by atoms with Crippen LogP contribution in [0.2, 0.25) is 0 Å². The highest BCUT2D eigenvalue weighted by Crippen LogP contribution is 2.29. The van der Waals surface area contributed by atoms with Crippen molar-refractivity contribution in [1.29, 1.82) is 0 Å². The van der Waals surface area contributed by atoms with Crippen LogP contribution in [-0.2, 0) is 0 Å². The molecule has 0 aromatic heterocycles. The van der Waals surface area contributed by atoms with Crippen molar-refractivity contribution < 1.29 is 0 Å². The van der Waals surface area contributed by atoms with Crippen molar-refractivity contribution in [1.82, 2.24) is 0 Å². The molecule has 0 aliphatic heterocycles. The van der Waals surface area contributed by atoms with Crippen LogP contribution in [-0.4, -0.2) is 0 Å². The third kappa shape index (κ3) is 3.71. The standard InChI is InChI=1S/C14H12Br2IN/c1-9(13-6-5-10(15)7-14(13)16)18-12-4-2-3-11(17)8-12/h2-9,18H,1H3. The van der Waals surface area contributed by atoms with E-state index in [0.29, 0.717) is 0 Å². The van der Waals surface area contributed by atoms with Gasteiger partial charge in [0, 0.05) is 24.2 Å². The van der Waals surface area contributed by atoms with E-state index >= 15 is 0 Å². The summed E-state index contributed by atoms with van der Waals surface area (Å²) in [5.41, 5.74) is 2.39. The number of rotatable bonds is 3. The van der Waals surface area contributed by atoms with Crippen LogP contribution in [0, 0.1) is 3.57 Å². The molecule has 0 spiro atoms. The Kier molecular flexibility index (Phi) is 5.09. The number of nitrogens with one attached hydrogen (secondary N) is 1. The van der Waals surface area contributed by atoms with Gasteiger partial charge in [0.25, 0.3) is 0 Å². The second-order valence-corrected chi connectivity index (χ2v) is 7.06. The summed E-state index contributed by atoms with van der Waals surface area (Å²) in [7, 11) is 0. The number of hydrogen-bond donors (Lipinski definition) is 1. The van der Waals surface area contributed by atoms with Crippen LogP contribution in [0.4, 0.5) is 5.69 Å². The predicted octanol–water partition coefficient (Wildman–Crippen LogP) is 5.99. The van der Waals surface area contributed by atoms with Crippen molar-refractivity contribution in [2.75, 3.05) is 5.32 Å². The maximum atomic E-state index is 3.60. The number of hydrogen-bond acceptors (Lipinski definition) is 1. The summed E-state index contributed by atoms with van der Waals surface area (Å²) in [6, 6.07) is 14.9. The van der Waals surface area contributed by atoms with Gasteiger partial charge in [-0.05, 0) is 65.4 Å². The van der Waals surface area contributed by atoms with Crippen LogP contribution >= 0.6 is 54.5 Å². The summed E-state index contributed by atoms with van der Waals surface area (Å²) in [5.74, 6) is 0. The van der Waals surface area contributed by atoms with Gasteiger partial charge in [-0.2, -0.15) is 0 Å². The molecular weight excluding hydrogens is 469 g/mol. The molecule has 94 valence electrons. The van der Waals surface area contributed by atoms with Crippen molar-refractivity contribution in [3.8, 4) is 0 Å². The third-order valence-corrected chi connectivity index (χ3v) is 4.49. The molecule has 4 heteroatoms. The van der Waals surface area contributed by atoms with E-state index in [1.54, 1.807) is 0 Å². The molecule has 0 saturated heterocycles. The van der Waals surface area contributed by atoms with Gasteiger partial charge in [0.2, 0.25) is 0 Å². The van der Waals surface area contributed by atoms with E-state index < -0.39 is 0 Å². The lowest BCUT2D eigenvalue weighted by Crippen LogP contribution is -2.07. The summed E-state index contributed by atoms with van der Waals surface area (Å²) in [6.45, 7) is 2.16. The fourth-order valence-electron chi connectivity index (χ4n) is 1.76. The molecule has 1 unspecified atom stereocenters. The number of benzene rings is 2. The Morgan fingerprint density at radius 1 is 1.11 bits per heavy atom. The summed E-state index contributed by atoms with van der Waals surface area (Å²) >= 11 is 9.40. The van der Waals surface area contributed by atoms with Gasteiger partial charge in [-0.1, -0.05) is 44.0 Å². The fraction of sp³-hybridized carbons (Fsp3) is 0.143. The van der Waals surface area contributed by atoms with E-state index in [4.69, 9.17) is 0 Å². The molecule has 2 aromatic rings. The molecule has 0 radical (unpaired) electrons. The highest BCUT2D eigenvalue weighted by molar-refractivity contribution is 14.1. The van der Waals surface area contributed by atoms with Crippen molar-refractivity contribution >= 4 is 60.1 Å². The highest BCUT2D eigenvalue weighted by atomic mass is 127. The molecule has 0 heterocycles. The number of anilines is 1. The smallest absolute Gasteiger partial charge is 0.0496 e. The molecule has 2 rings (SSSR count). The lowest BCUT2D eigenvalue weighted by atomic mass is 10.1. The van der Waals surface area contributed by atoms with Crippen LogP contribution in [0.25, 0.3) is 0 Å². The first kappa shape index (κ1) is 14.3. The van der Waals surface area contributed by atoms with Gasteiger partial charge in [-0.25, -0.2) is 0 Å². The minimum atomic E-state index is 0.255. The van der Waals surface area contributed by atoms with Crippen molar-refractivity contribution in [2.45, 2.75) is 13.0 Å². The maximum Gasteiger partial charge on any atom is 0.0496 e. The number of halogens is 3. The highest BCUT2D eigenvalue weighted by Gasteiger charge is 2.09. The van der Waals surface area contributed by atoms with E-state index in [2.05, 4.69) is 109 Å². The molecule has 2 aromatic carbocycles. The van der Waals surface area contributed by atoms with E-state index in [-0.39, 0.29) is 6.04 Å². The Labute approximate surface area is 138 Å². The van der Waals surface area contributed by atoms with Crippen LogP contribution in [0.3, 0.4) is 0 Å². The predicted molar refractivity (Wildman–Crippen MR) is 93.0 cm³/mol. The Morgan fingerprint density at radius 2 is 1.89 bits per heavy atom. The monoisotopic (exact) mass is 479 g/mol. The maximum absolute atomic E-state index is 3.60. The van der Waals surface area contributed by atoms with E-state index in [0.717, 1.165) is 14.6 Å². The summed E-state index contributed by atoms with van der Waals surface area (Å²) in [5, 5.41) is 3.51. The van der Waals surface area contributed by atoms with Gasteiger partial charge in [0.1, 0.15) is 0 Å². The average Bonchev–Trinajstić information content (AvgIpc) is 2.28. The zero-order valence-corrected chi connectivity index (χ0v) is 15.1. The lowest BCUT2D eigenvalue weighted by molar-refractivity contribution is 0.878. The van der Waals surface area contributed by atoms with Crippen molar-refractivity contribution in [3.63, 3.8) is 0 Å². The van der Waals surface area contributed by atoms with E-state index in [1.807, 2.05) is 0 Å². The van der Waals surface area contributed by atoms with Gasteiger partial charge >= 0.3 is 0 Å². The van der Waals surface area contributed by atoms with Crippen LogP contribution in [0.5, 0.6) is 0 Å². The van der Waals surface area contributed by atoms with Gasteiger partial charge in [0.15, 0.2) is 0 Å².